The number of hydrogen-bond donors (Lipinski definition) is 0. The van der Waals surface area contributed by atoms with E-state index in [0.717, 1.165) is 25.2 Å². The van der Waals surface area contributed by atoms with Crippen LogP contribution in [0.4, 0.5) is 11.4 Å². The van der Waals surface area contributed by atoms with Crippen LogP contribution in [0.15, 0.2) is 35.9 Å². The van der Waals surface area contributed by atoms with Crippen molar-refractivity contribution in [3.8, 4) is 0 Å². The highest BCUT2D eigenvalue weighted by Crippen LogP contribution is 2.40. The summed E-state index contributed by atoms with van der Waals surface area (Å²) in [7, 11) is 0. The standard InChI is InChI=1S/C20H24N2O2/c1-14-5-10-17-18(13-14)20(24)22(19(17)23)16-8-6-15(7-9-16)21-11-3-2-4-12-21/h5-9,17-18H,2-4,10-13H2,1H3. The van der Waals surface area contributed by atoms with Crippen LogP contribution < -0.4 is 9.80 Å². The lowest BCUT2D eigenvalue weighted by atomic mass is 9.82. The molecule has 4 rings (SSSR count). The Morgan fingerprint density at radius 1 is 0.875 bits per heavy atom. The summed E-state index contributed by atoms with van der Waals surface area (Å²) in [6, 6.07) is 7.95. The fourth-order valence-corrected chi connectivity index (χ4v) is 4.26. The number of allylic oxidation sites excluding steroid dienone is 2. The molecule has 2 heterocycles. The number of carbonyl (C=O) groups is 2. The molecular formula is C20H24N2O2. The Morgan fingerprint density at radius 3 is 2.21 bits per heavy atom. The number of hydrogen-bond acceptors (Lipinski definition) is 3. The zero-order valence-corrected chi connectivity index (χ0v) is 14.2. The molecule has 0 bridgehead atoms. The van der Waals surface area contributed by atoms with Crippen LogP contribution in [0.25, 0.3) is 0 Å². The summed E-state index contributed by atoms with van der Waals surface area (Å²) >= 11 is 0. The van der Waals surface area contributed by atoms with Gasteiger partial charge in [-0.05, 0) is 63.3 Å². The minimum atomic E-state index is -0.164. The highest BCUT2D eigenvalue weighted by atomic mass is 16.2. The third-order valence-corrected chi connectivity index (χ3v) is 5.65. The first-order valence-electron chi connectivity index (χ1n) is 9.03. The van der Waals surface area contributed by atoms with E-state index in [-0.39, 0.29) is 23.7 Å². The van der Waals surface area contributed by atoms with E-state index < -0.39 is 0 Å². The summed E-state index contributed by atoms with van der Waals surface area (Å²) in [5, 5.41) is 0. The van der Waals surface area contributed by atoms with Crippen LogP contribution in [0.1, 0.15) is 39.0 Å². The fourth-order valence-electron chi connectivity index (χ4n) is 4.26. The van der Waals surface area contributed by atoms with Crippen LogP contribution in [0.3, 0.4) is 0 Å². The molecule has 0 N–H and O–H groups in total. The van der Waals surface area contributed by atoms with E-state index in [1.165, 1.54) is 35.4 Å². The molecule has 1 aliphatic carbocycles. The van der Waals surface area contributed by atoms with Crippen LogP contribution in [-0.2, 0) is 9.59 Å². The minimum Gasteiger partial charge on any atom is -0.372 e. The van der Waals surface area contributed by atoms with Gasteiger partial charge in [0.15, 0.2) is 0 Å². The second kappa shape index (κ2) is 6.08. The lowest BCUT2D eigenvalue weighted by molar-refractivity contribution is -0.122. The van der Waals surface area contributed by atoms with Gasteiger partial charge in [-0.15, -0.1) is 0 Å². The fraction of sp³-hybridized carbons (Fsp3) is 0.500. The van der Waals surface area contributed by atoms with E-state index in [4.69, 9.17) is 0 Å². The Labute approximate surface area is 143 Å². The Morgan fingerprint density at radius 2 is 1.50 bits per heavy atom. The maximum Gasteiger partial charge on any atom is 0.238 e. The van der Waals surface area contributed by atoms with E-state index in [0.29, 0.717) is 6.42 Å². The summed E-state index contributed by atoms with van der Waals surface area (Å²) in [6.07, 6.45) is 7.30. The summed E-state index contributed by atoms with van der Waals surface area (Å²) < 4.78 is 0. The SMILES string of the molecule is CC1=CCC2C(=O)N(c3ccc(N4CCCCC4)cc3)C(=O)C2C1. The molecule has 0 radical (unpaired) electrons. The van der Waals surface area contributed by atoms with Gasteiger partial charge in [0, 0.05) is 18.8 Å². The van der Waals surface area contributed by atoms with Gasteiger partial charge in [0.25, 0.3) is 0 Å². The summed E-state index contributed by atoms with van der Waals surface area (Å²) in [4.78, 5) is 29.3. The lowest BCUT2D eigenvalue weighted by Gasteiger charge is -2.29. The molecule has 0 saturated carbocycles. The quantitative estimate of drug-likeness (QED) is 0.617. The Bertz CT molecular complexity index is 686. The summed E-state index contributed by atoms with van der Waals surface area (Å²) in [5.41, 5.74) is 3.13. The van der Waals surface area contributed by atoms with E-state index in [2.05, 4.69) is 11.0 Å². The average Bonchev–Trinajstić information content (AvgIpc) is 2.86. The molecule has 4 nitrogen and oxygen atoms in total. The van der Waals surface area contributed by atoms with Crippen LogP contribution in [0.2, 0.25) is 0 Å². The zero-order chi connectivity index (χ0) is 16.7. The number of nitrogens with zero attached hydrogens (tertiary/aromatic N) is 2. The van der Waals surface area contributed by atoms with Crippen LogP contribution in [0, 0.1) is 11.8 Å². The molecule has 4 heteroatoms. The van der Waals surface area contributed by atoms with Crippen molar-refractivity contribution in [2.45, 2.75) is 39.0 Å². The van der Waals surface area contributed by atoms with E-state index in [9.17, 15) is 9.59 Å². The lowest BCUT2D eigenvalue weighted by Crippen LogP contribution is -2.31. The van der Waals surface area contributed by atoms with Crippen LogP contribution in [-0.4, -0.2) is 24.9 Å². The smallest absolute Gasteiger partial charge is 0.238 e. The van der Waals surface area contributed by atoms with Crippen molar-refractivity contribution in [2.24, 2.45) is 11.8 Å². The van der Waals surface area contributed by atoms with Gasteiger partial charge in [-0.3, -0.25) is 14.5 Å². The molecule has 1 aromatic carbocycles. The van der Waals surface area contributed by atoms with Crippen molar-refractivity contribution in [2.75, 3.05) is 22.9 Å². The van der Waals surface area contributed by atoms with Crippen molar-refractivity contribution in [1.29, 1.82) is 0 Å². The monoisotopic (exact) mass is 324 g/mol. The Hall–Kier alpha value is -2.10. The maximum absolute atomic E-state index is 12.8. The minimum absolute atomic E-state index is 0.0248. The molecule has 0 spiro atoms. The summed E-state index contributed by atoms with van der Waals surface area (Å²) in [5.74, 6) is -0.380. The van der Waals surface area contributed by atoms with E-state index >= 15 is 0 Å². The first-order valence-corrected chi connectivity index (χ1v) is 9.03. The third kappa shape index (κ3) is 2.54. The average molecular weight is 324 g/mol. The van der Waals surface area contributed by atoms with Gasteiger partial charge in [-0.2, -0.15) is 0 Å². The first kappa shape index (κ1) is 15.4. The first-order chi connectivity index (χ1) is 11.6. The Kier molecular flexibility index (Phi) is 3.91. The van der Waals surface area contributed by atoms with Gasteiger partial charge < -0.3 is 4.90 Å². The molecule has 24 heavy (non-hydrogen) atoms. The molecule has 3 aliphatic rings. The molecule has 2 aliphatic heterocycles. The molecule has 1 aromatic rings. The number of imide groups is 1. The molecule has 2 unspecified atom stereocenters. The number of anilines is 2. The number of rotatable bonds is 2. The number of benzene rings is 1. The van der Waals surface area contributed by atoms with Crippen molar-refractivity contribution in [3.05, 3.63) is 35.9 Å². The molecule has 2 saturated heterocycles. The number of amides is 2. The van der Waals surface area contributed by atoms with E-state index in [1.54, 1.807) is 0 Å². The normalized spacial score (nSPS) is 27.3. The molecule has 2 atom stereocenters. The highest BCUT2D eigenvalue weighted by molar-refractivity contribution is 6.22. The van der Waals surface area contributed by atoms with Crippen molar-refractivity contribution >= 4 is 23.2 Å². The van der Waals surface area contributed by atoms with Gasteiger partial charge in [-0.25, -0.2) is 0 Å². The largest absolute Gasteiger partial charge is 0.372 e. The zero-order valence-electron chi connectivity index (χ0n) is 14.2. The number of carbonyl (C=O) groups excluding carboxylic acids is 2. The maximum atomic E-state index is 12.8. The molecule has 126 valence electrons. The van der Waals surface area contributed by atoms with Crippen molar-refractivity contribution < 1.29 is 9.59 Å². The Balaban J connectivity index is 1.55. The molecular weight excluding hydrogens is 300 g/mol. The predicted octanol–water partition coefficient (Wildman–Crippen LogP) is 3.52. The second-order valence-corrected chi connectivity index (χ2v) is 7.28. The van der Waals surface area contributed by atoms with E-state index in [1.807, 2.05) is 31.2 Å². The van der Waals surface area contributed by atoms with Gasteiger partial charge in [0.1, 0.15) is 0 Å². The number of piperidine rings is 1. The van der Waals surface area contributed by atoms with Crippen LogP contribution >= 0.6 is 0 Å². The summed E-state index contributed by atoms with van der Waals surface area (Å²) in [6.45, 7) is 4.23. The van der Waals surface area contributed by atoms with Crippen molar-refractivity contribution in [3.63, 3.8) is 0 Å². The molecule has 0 aromatic heterocycles. The predicted molar refractivity (Wildman–Crippen MR) is 95.0 cm³/mol. The van der Waals surface area contributed by atoms with Gasteiger partial charge in [-0.1, -0.05) is 11.6 Å². The van der Waals surface area contributed by atoms with Crippen molar-refractivity contribution in [1.82, 2.24) is 0 Å². The van der Waals surface area contributed by atoms with Gasteiger partial charge in [0.2, 0.25) is 11.8 Å². The highest BCUT2D eigenvalue weighted by Gasteiger charge is 2.48. The number of fused-ring (bicyclic) bond motifs is 1. The molecule has 2 amide bonds. The van der Waals surface area contributed by atoms with Gasteiger partial charge >= 0.3 is 0 Å². The second-order valence-electron chi connectivity index (χ2n) is 7.28. The van der Waals surface area contributed by atoms with Gasteiger partial charge in [0.05, 0.1) is 17.5 Å². The third-order valence-electron chi connectivity index (χ3n) is 5.65. The topological polar surface area (TPSA) is 40.6 Å². The van der Waals surface area contributed by atoms with Crippen LogP contribution in [0.5, 0.6) is 0 Å². The molecule has 2 fully saturated rings.